The van der Waals surface area contributed by atoms with Crippen LogP contribution in [0.25, 0.3) is 10.4 Å². The molecule has 0 bridgehead atoms. The van der Waals surface area contributed by atoms with E-state index in [0.717, 1.165) is 33.9 Å². The number of pyridine rings is 1. The maximum Gasteiger partial charge on any atom is 0.341 e. The van der Waals surface area contributed by atoms with Crippen molar-refractivity contribution in [3.8, 4) is 10.4 Å². The summed E-state index contributed by atoms with van der Waals surface area (Å²) in [5.41, 5.74) is 3.86. The van der Waals surface area contributed by atoms with Crippen LogP contribution in [0.1, 0.15) is 27.9 Å². The fraction of sp³-hybridized carbons (Fsp3) is 0.227. The van der Waals surface area contributed by atoms with E-state index in [1.54, 1.807) is 6.20 Å². The van der Waals surface area contributed by atoms with E-state index in [4.69, 9.17) is 4.74 Å². The number of anilines is 1. The molecule has 1 aromatic carbocycles. The number of rotatable bonds is 6. The third-order valence-electron chi connectivity index (χ3n) is 4.77. The van der Waals surface area contributed by atoms with Crippen molar-refractivity contribution in [2.75, 3.05) is 18.2 Å². The van der Waals surface area contributed by atoms with Gasteiger partial charge in [-0.2, -0.15) is 0 Å². The highest BCUT2D eigenvalue weighted by Gasteiger charge is 2.29. The molecule has 2 heterocycles. The lowest BCUT2D eigenvalue weighted by atomic mass is 9.89. The molecule has 1 aliphatic carbocycles. The Hall–Kier alpha value is -2.64. The SMILES string of the molecule is COC(=O)c1c(NC(=O)CCSc2ccccn2)sc2c1CCc1ccccc1-2. The van der Waals surface area contributed by atoms with Crippen LogP contribution in [0.3, 0.4) is 0 Å². The lowest BCUT2D eigenvalue weighted by molar-refractivity contribution is -0.115. The molecule has 0 aliphatic heterocycles. The number of ether oxygens (including phenoxy) is 1. The zero-order chi connectivity index (χ0) is 20.2. The normalized spacial score (nSPS) is 12.0. The minimum absolute atomic E-state index is 0.120. The summed E-state index contributed by atoms with van der Waals surface area (Å²) in [5, 5.41) is 4.41. The smallest absolute Gasteiger partial charge is 0.341 e. The fourth-order valence-electron chi connectivity index (χ4n) is 3.42. The highest BCUT2D eigenvalue weighted by Crippen LogP contribution is 2.45. The van der Waals surface area contributed by atoms with Crippen molar-refractivity contribution in [2.45, 2.75) is 24.3 Å². The van der Waals surface area contributed by atoms with E-state index in [0.29, 0.717) is 22.7 Å². The van der Waals surface area contributed by atoms with Crippen molar-refractivity contribution in [3.05, 3.63) is 65.4 Å². The van der Waals surface area contributed by atoms with Gasteiger partial charge in [0.15, 0.2) is 0 Å². The molecule has 0 saturated heterocycles. The van der Waals surface area contributed by atoms with Crippen LogP contribution in [0.2, 0.25) is 0 Å². The van der Waals surface area contributed by atoms with Crippen molar-refractivity contribution < 1.29 is 14.3 Å². The number of methoxy groups -OCH3 is 1. The molecule has 0 spiro atoms. The number of thioether (sulfide) groups is 1. The number of benzene rings is 1. The molecular formula is C22H20N2O3S2. The summed E-state index contributed by atoms with van der Waals surface area (Å²) in [5.74, 6) is 0.0927. The van der Waals surface area contributed by atoms with E-state index in [9.17, 15) is 9.59 Å². The molecule has 0 radical (unpaired) electrons. The topological polar surface area (TPSA) is 68.3 Å². The summed E-state index contributed by atoms with van der Waals surface area (Å²) >= 11 is 2.99. The molecule has 1 amide bonds. The average molecular weight is 425 g/mol. The molecule has 0 fully saturated rings. The van der Waals surface area contributed by atoms with Gasteiger partial charge < -0.3 is 10.1 Å². The van der Waals surface area contributed by atoms with Gasteiger partial charge in [0.05, 0.1) is 17.7 Å². The summed E-state index contributed by atoms with van der Waals surface area (Å²) in [6, 6.07) is 13.9. The molecule has 4 rings (SSSR count). The van der Waals surface area contributed by atoms with Crippen LogP contribution in [-0.2, 0) is 22.4 Å². The van der Waals surface area contributed by atoms with Gasteiger partial charge in [0.1, 0.15) is 5.00 Å². The number of nitrogens with one attached hydrogen (secondary N) is 1. The summed E-state index contributed by atoms with van der Waals surface area (Å²) in [6.45, 7) is 0. The summed E-state index contributed by atoms with van der Waals surface area (Å²) in [4.78, 5) is 30.3. The molecule has 0 saturated carbocycles. The highest BCUT2D eigenvalue weighted by molar-refractivity contribution is 7.99. The predicted octanol–water partition coefficient (Wildman–Crippen LogP) is 4.82. The van der Waals surface area contributed by atoms with E-state index in [2.05, 4.69) is 22.4 Å². The number of hydrogen-bond acceptors (Lipinski definition) is 6. The number of nitrogens with zero attached hydrogens (tertiary/aromatic N) is 1. The number of thiophene rings is 1. The largest absolute Gasteiger partial charge is 0.465 e. The van der Waals surface area contributed by atoms with Crippen LogP contribution in [0, 0.1) is 0 Å². The first kappa shape index (κ1) is 19.7. The number of aryl methyl sites for hydroxylation is 1. The molecule has 7 heteroatoms. The lowest BCUT2D eigenvalue weighted by Crippen LogP contribution is -2.15. The van der Waals surface area contributed by atoms with Gasteiger partial charge in [0.2, 0.25) is 5.91 Å². The zero-order valence-corrected chi connectivity index (χ0v) is 17.6. The number of hydrogen-bond donors (Lipinski definition) is 1. The second-order valence-corrected chi connectivity index (χ2v) is 8.71. The van der Waals surface area contributed by atoms with Crippen LogP contribution in [0.5, 0.6) is 0 Å². The Morgan fingerprint density at radius 2 is 2.00 bits per heavy atom. The molecule has 1 aliphatic rings. The Labute approximate surface area is 177 Å². The van der Waals surface area contributed by atoms with Crippen LogP contribution in [0.15, 0.2) is 53.7 Å². The molecule has 29 heavy (non-hydrogen) atoms. The average Bonchev–Trinajstić information content (AvgIpc) is 3.12. The first-order valence-electron chi connectivity index (χ1n) is 9.33. The van der Waals surface area contributed by atoms with Crippen molar-refractivity contribution in [2.24, 2.45) is 0 Å². The number of carbonyl (C=O) groups excluding carboxylic acids is 2. The number of aromatic nitrogens is 1. The van der Waals surface area contributed by atoms with Gasteiger partial charge in [-0.1, -0.05) is 30.3 Å². The first-order valence-corrected chi connectivity index (χ1v) is 11.1. The van der Waals surface area contributed by atoms with Crippen LogP contribution in [-0.4, -0.2) is 29.7 Å². The van der Waals surface area contributed by atoms with Gasteiger partial charge in [0.25, 0.3) is 0 Å². The summed E-state index contributed by atoms with van der Waals surface area (Å²) in [6.07, 6.45) is 3.71. The quantitative estimate of drug-likeness (QED) is 0.454. The fourth-order valence-corrected chi connectivity index (χ4v) is 5.54. The van der Waals surface area contributed by atoms with E-state index in [1.165, 1.54) is 35.8 Å². The number of fused-ring (bicyclic) bond motifs is 3. The Balaban J connectivity index is 1.53. The predicted molar refractivity (Wildman–Crippen MR) is 117 cm³/mol. The third kappa shape index (κ3) is 4.21. The minimum Gasteiger partial charge on any atom is -0.465 e. The summed E-state index contributed by atoms with van der Waals surface area (Å²) in [7, 11) is 1.37. The Kier molecular flexibility index (Phi) is 5.97. The maximum atomic E-state index is 12.5. The van der Waals surface area contributed by atoms with Gasteiger partial charge >= 0.3 is 5.97 Å². The van der Waals surface area contributed by atoms with E-state index in [-0.39, 0.29) is 5.91 Å². The van der Waals surface area contributed by atoms with Gasteiger partial charge in [-0.15, -0.1) is 23.1 Å². The third-order valence-corrected chi connectivity index (χ3v) is 6.90. The Morgan fingerprint density at radius 1 is 1.17 bits per heavy atom. The maximum absolute atomic E-state index is 12.5. The standard InChI is InChI=1S/C22H20N2O3S2/c1-27-22(26)19-16-10-9-14-6-2-3-7-15(14)20(16)29-21(19)24-17(25)11-13-28-18-8-4-5-12-23-18/h2-8,12H,9-11,13H2,1H3,(H,24,25). The first-order chi connectivity index (χ1) is 14.2. The van der Waals surface area contributed by atoms with Crippen LogP contribution in [0.4, 0.5) is 5.00 Å². The Morgan fingerprint density at radius 3 is 2.79 bits per heavy atom. The number of esters is 1. The summed E-state index contributed by atoms with van der Waals surface area (Å²) < 4.78 is 5.01. The Bertz CT molecular complexity index is 1050. The lowest BCUT2D eigenvalue weighted by Gasteiger charge is -2.16. The van der Waals surface area contributed by atoms with E-state index < -0.39 is 5.97 Å². The molecular weight excluding hydrogens is 404 g/mol. The van der Waals surface area contributed by atoms with Crippen molar-refractivity contribution >= 4 is 40.0 Å². The van der Waals surface area contributed by atoms with Crippen molar-refractivity contribution in [3.63, 3.8) is 0 Å². The monoisotopic (exact) mass is 424 g/mol. The van der Waals surface area contributed by atoms with Gasteiger partial charge in [-0.25, -0.2) is 9.78 Å². The second kappa shape index (κ2) is 8.80. The van der Waals surface area contributed by atoms with Gasteiger partial charge in [-0.05, 0) is 41.7 Å². The zero-order valence-electron chi connectivity index (χ0n) is 15.9. The van der Waals surface area contributed by atoms with E-state index in [1.807, 2.05) is 30.3 Å². The molecule has 3 aromatic rings. The minimum atomic E-state index is -0.403. The van der Waals surface area contributed by atoms with Crippen LogP contribution >= 0.6 is 23.1 Å². The van der Waals surface area contributed by atoms with E-state index >= 15 is 0 Å². The second-order valence-electron chi connectivity index (χ2n) is 6.58. The highest BCUT2D eigenvalue weighted by atomic mass is 32.2. The van der Waals surface area contributed by atoms with Crippen molar-refractivity contribution in [1.29, 1.82) is 0 Å². The molecule has 5 nitrogen and oxygen atoms in total. The molecule has 0 unspecified atom stereocenters. The molecule has 2 aromatic heterocycles. The molecule has 148 valence electrons. The molecule has 1 N–H and O–H groups in total. The van der Waals surface area contributed by atoms with Gasteiger partial charge in [0, 0.05) is 23.2 Å². The van der Waals surface area contributed by atoms with Gasteiger partial charge in [-0.3, -0.25) is 4.79 Å². The van der Waals surface area contributed by atoms with Crippen molar-refractivity contribution in [1.82, 2.24) is 4.98 Å². The number of carbonyl (C=O) groups is 2. The van der Waals surface area contributed by atoms with Crippen LogP contribution < -0.4 is 5.32 Å². The molecule has 0 atom stereocenters. The number of amides is 1.